The number of phenols is 1. The molecule has 39 heavy (non-hydrogen) atoms. The van der Waals surface area contributed by atoms with Crippen molar-refractivity contribution in [1.82, 2.24) is 0 Å². The van der Waals surface area contributed by atoms with Gasteiger partial charge < -0.3 is 14.6 Å². The van der Waals surface area contributed by atoms with Gasteiger partial charge in [0.15, 0.2) is 0 Å². The van der Waals surface area contributed by atoms with Gasteiger partial charge in [0.25, 0.3) is 0 Å². The van der Waals surface area contributed by atoms with Gasteiger partial charge >= 0.3 is 0 Å². The molecule has 0 spiro atoms. The van der Waals surface area contributed by atoms with Crippen LogP contribution in [0.1, 0.15) is 99.9 Å². The first kappa shape index (κ1) is 30.6. The van der Waals surface area contributed by atoms with Crippen molar-refractivity contribution in [1.29, 1.82) is 0 Å². The highest BCUT2D eigenvalue weighted by atomic mass is 16.5. The molecule has 2 unspecified atom stereocenters. The zero-order valence-corrected chi connectivity index (χ0v) is 25.6. The SMILES string of the molecule is CCc1ccc(OC(C)Cc2cccc(O)c2CC(C)Oc2ccc(CC)c(CC)c2CC)c(CC)c1CC. The molecular formula is C36H50O3. The fourth-order valence-electron chi connectivity index (χ4n) is 6.14. The summed E-state index contributed by atoms with van der Waals surface area (Å²) in [5.74, 6) is 2.30. The molecule has 0 saturated carbocycles. The second kappa shape index (κ2) is 14.4. The highest BCUT2D eigenvalue weighted by Gasteiger charge is 2.19. The molecule has 0 fully saturated rings. The quantitative estimate of drug-likeness (QED) is 0.226. The fourth-order valence-corrected chi connectivity index (χ4v) is 6.14. The minimum atomic E-state index is -0.0730. The van der Waals surface area contributed by atoms with Gasteiger partial charge in [-0.3, -0.25) is 0 Å². The average Bonchev–Trinajstić information content (AvgIpc) is 2.93. The molecule has 0 heterocycles. The lowest BCUT2D eigenvalue weighted by Crippen LogP contribution is -2.21. The van der Waals surface area contributed by atoms with Gasteiger partial charge in [0.2, 0.25) is 0 Å². The van der Waals surface area contributed by atoms with Crippen LogP contribution in [0.2, 0.25) is 0 Å². The Hall–Kier alpha value is -2.94. The van der Waals surface area contributed by atoms with Crippen molar-refractivity contribution in [2.24, 2.45) is 0 Å². The van der Waals surface area contributed by atoms with Crippen LogP contribution in [-0.4, -0.2) is 17.3 Å². The Morgan fingerprint density at radius 1 is 0.513 bits per heavy atom. The minimum Gasteiger partial charge on any atom is -0.508 e. The van der Waals surface area contributed by atoms with Crippen LogP contribution in [0.15, 0.2) is 42.5 Å². The van der Waals surface area contributed by atoms with Crippen LogP contribution >= 0.6 is 0 Å². The molecule has 0 aliphatic carbocycles. The van der Waals surface area contributed by atoms with E-state index in [9.17, 15) is 5.11 Å². The van der Waals surface area contributed by atoms with Crippen LogP contribution in [0, 0.1) is 0 Å². The van der Waals surface area contributed by atoms with E-state index in [4.69, 9.17) is 9.47 Å². The summed E-state index contributed by atoms with van der Waals surface area (Å²) in [6.07, 6.45) is 7.30. The van der Waals surface area contributed by atoms with Gasteiger partial charge in [-0.1, -0.05) is 65.8 Å². The van der Waals surface area contributed by atoms with Gasteiger partial charge in [-0.25, -0.2) is 0 Å². The number of phenolic OH excluding ortho intramolecular Hbond substituents is 1. The van der Waals surface area contributed by atoms with Gasteiger partial charge in [-0.2, -0.15) is 0 Å². The molecule has 212 valence electrons. The molecule has 0 aromatic heterocycles. The molecule has 0 saturated heterocycles. The van der Waals surface area contributed by atoms with Crippen molar-refractivity contribution in [2.45, 2.75) is 119 Å². The number of ether oxygens (including phenoxy) is 2. The average molecular weight is 531 g/mol. The van der Waals surface area contributed by atoms with Gasteiger partial charge in [0, 0.05) is 18.4 Å². The van der Waals surface area contributed by atoms with Gasteiger partial charge in [0.05, 0.1) is 6.10 Å². The Morgan fingerprint density at radius 3 is 1.41 bits per heavy atom. The summed E-state index contributed by atoms with van der Waals surface area (Å²) in [6.45, 7) is 17.5. The maximum atomic E-state index is 10.9. The molecule has 0 radical (unpaired) electrons. The molecule has 1 N–H and O–H groups in total. The van der Waals surface area contributed by atoms with E-state index in [2.05, 4.69) is 85.7 Å². The van der Waals surface area contributed by atoms with E-state index >= 15 is 0 Å². The third-order valence-electron chi connectivity index (χ3n) is 8.05. The van der Waals surface area contributed by atoms with E-state index in [1.54, 1.807) is 6.07 Å². The van der Waals surface area contributed by atoms with Crippen molar-refractivity contribution >= 4 is 0 Å². The van der Waals surface area contributed by atoms with E-state index in [-0.39, 0.29) is 12.2 Å². The monoisotopic (exact) mass is 530 g/mol. The summed E-state index contributed by atoms with van der Waals surface area (Å²) in [5, 5.41) is 10.9. The summed E-state index contributed by atoms with van der Waals surface area (Å²) in [5.41, 5.74) is 10.4. The van der Waals surface area contributed by atoms with Crippen molar-refractivity contribution in [3.63, 3.8) is 0 Å². The van der Waals surface area contributed by atoms with Crippen LogP contribution in [0.3, 0.4) is 0 Å². The Morgan fingerprint density at radius 2 is 0.974 bits per heavy atom. The zero-order valence-electron chi connectivity index (χ0n) is 25.6. The second-order valence-corrected chi connectivity index (χ2v) is 10.7. The molecule has 3 aromatic carbocycles. The molecule has 0 amide bonds. The van der Waals surface area contributed by atoms with E-state index in [1.165, 1.54) is 33.4 Å². The topological polar surface area (TPSA) is 38.7 Å². The number of benzene rings is 3. The van der Waals surface area contributed by atoms with Crippen LogP contribution in [0.4, 0.5) is 0 Å². The summed E-state index contributed by atoms with van der Waals surface area (Å²) >= 11 is 0. The predicted molar refractivity (Wildman–Crippen MR) is 165 cm³/mol. The van der Waals surface area contributed by atoms with Gasteiger partial charge in [0.1, 0.15) is 23.4 Å². The molecule has 3 aromatic rings. The lowest BCUT2D eigenvalue weighted by atomic mass is 9.94. The molecule has 0 aliphatic rings. The maximum absolute atomic E-state index is 10.9. The largest absolute Gasteiger partial charge is 0.508 e. The second-order valence-electron chi connectivity index (χ2n) is 10.7. The van der Waals surface area contributed by atoms with Gasteiger partial charge in [-0.05, 0) is 110 Å². The van der Waals surface area contributed by atoms with Crippen LogP contribution < -0.4 is 9.47 Å². The van der Waals surface area contributed by atoms with E-state index in [0.717, 1.165) is 67.6 Å². The molecule has 3 rings (SSSR count). The maximum Gasteiger partial charge on any atom is 0.123 e. The first-order valence-corrected chi connectivity index (χ1v) is 15.2. The van der Waals surface area contributed by atoms with E-state index < -0.39 is 0 Å². The number of aromatic hydroxyl groups is 1. The summed E-state index contributed by atoms with van der Waals surface area (Å²) in [7, 11) is 0. The predicted octanol–water partition coefficient (Wildman–Crippen LogP) is 8.79. The lowest BCUT2D eigenvalue weighted by molar-refractivity contribution is 0.212. The number of aryl methyl sites for hydroxylation is 2. The van der Waals surface area contributed by atoms with E-state index in [1.807, 2.05) is 6.07 Å². The van der Waals surface area contributed by atoms with Crippen molar-refractivity contribution < 1.29 is 14.6 Å². The third-order valence-corrected chi connectivity index (χ3v) is 8.05. The van der Waals surface area contributed by atoms with Gasteiger partial charge in [-0.15, -0.1) is 0 Å². The van der Waals surface area contributed by atoms with Crippen molar-refractivity contribution in [3.05, 3.63) is 87.0 Å². The summed E-state index contributed by atoms with van der Waals surface area (Å²) < 4.78 is 13.1. The highest BCUT2D eigenvalue weighted by Crippen LogP contribution is 2.32. The molecule has 0 aliphatic heterocycles. The third kappa shape index (κ3) is 7.18. The highest BCUT2D eigenvalue weighted by molar-refractivity contribution is 5.47. The molecule has 3 heteroatoms. The summed E-state index contributed by atoms with van der Waals surface area (Å²) in [4.78, 5) is 0. The van der Waals surface area contributed by atoms with Crippen LogP contribution in [0.25, 0.3) is 0 Å². The fraction of sp³-hybridized carbons (Fsp3) is 0.500. The molecular weight excluding hydrogens is 480 g/mol. The lowest BCUT2D eigenvalue weighted by Gasteiger charge is -2.24. The number of hydrogen-bond acceptors (Lipinski definition) is 3. The normalized spacial score (nSPS) is 12.8. The van der Waals surface area contributed by atoms with Crippen LogP contribution in [-0.2, 0) is 51.4 Å². The first-order chi connectivity index (χ1) is 18.8. The Bertz CT molecular complexity index is 1230. The summed E-state index contributed by atoms with van der Waals surface area (Å²) in [6, 6.07) is 14.5. The number of hydrogen-bond donors (Lipinski definition) is 1. The van der Waals surface area contributed by atoms with Crippen molar-refractivity contribution in [3.8, 4) is 17.2 Å². The molecule has 2 atom stereocenters. The Balaban J connectivity index is 1.80. The minimum absolute atomic E-state index is 0.0235. The standard InChI is InChI=1S/C36H50O3/c1-9-26-18-20-35(31(13-5)29(26)11-3)38-24(7)22-28-16-15-17-34(37)33(28)23-25(8)39-36-21-19-27(10-2)30(12-4)32(36)14-6/h15-21,24-25,37H,9-14,22-23H2,1-8H3. The smallest absolute Gasteiger partial charge is 0.123 e. The van der Waals surface area contributed by atoms with Crippen LogP contribution in [0.5, 0.6) is 17.2 Å². The molecule has 0 bridgehead atoms. The Labute approximate surface area is 237 Å². The first-order valence-electron chi connectivity index (χ1n) is 15.2. The van der Waals surface area contributed by atoms with E-state index in [0.29, 0.717) is 12.2 Å². The van der Waals surface area contributed by atoms with Crippen molar-refractivity contribution in [2.75, 3.05) is 0 Å². The number of rotatable bonds is 14. The Kier molecular flexibility index (Phi) is 11.3. The zero-order chi connectivity index (χ0) is 28.5. The molecule has 3 nitrogen and oxygen atoms in total.